The second kappa shape index (κ2) is 5.13. The number of halogens is 1. The standard InChI is InChI=1S/C16H22BrN3O/c17-11-8-14(20(10-11)13-2-3-13)15(21)19-12-4-7-18-16(9-12)5-1-6-16/h8,10,12-13,18H,1-7,9H2,(H,19,21). The largest absolute Gasteiger partial charge is 0.348 e. The van der Waals surface area contributed by atoms with Gasteiger partial charge in [0.15, 0.2) is 0 Å². The van der Waals surface area contributed by atoms with Crippen molar-refractivity contribution >= 4 is 21.8 Å². The third kappa shape index (κ3) is 2.66. The summed E-state index contributed by atoms with van der Waals surface area (Å²) in [5.74, 6) is 0.0916. The fourth-order valence-electron chi connectivity index (χ4n) is 3.81. The van der Waals surface area contributed by atoms with E-state index in [4.69, 9.17) is 0 Å². The number of hydrogen-bond donors (Lipinski definition) is 2. The van der Waals surface area contributed by atoms with Crippen LogP contribution < -0.4 is 10.6 Å². The van der Waals surface area contributed by atoms with Gasteiger partial charge in [-0.3, -0.25) is 4.79 Å². The molecular formula is C16H22BrN3O. The van der Waals surface area contributed by atoms with Gasteiger partial charge in [-0.15, -0.1) is 0 Å². The van der Waals surface area contributed by atoms with Crippen molar-refractivity contribution in [3.05, 3.63) is 22.4 Å². The Hall–Kier alpha value is -0.810. The lowest BCUT2D eigenvalue weighted by atomic mass is 9.70. The van der Waals surface area contributed by atoms with Crippen molar-refractivity contribution in [1.82, 2.24) is 15.2 Å². The smallest absolute Gasteiger partial charge is 0.268 e. The van der Waals surface area contributed by atoms with Gasteiger partial charge in [0.05, 0.1) is 0 Å². The number of piperidine rings is 1. The summed E-state index contributed by atoms with van der Waals surface area (Å²) >= 11 is 3.50. The zero-order valence-electron chi connectivity index (χ0n) is 12.2. The minimum atomic E-state index is 0.0916. The molecule has 2 aliphatic carbocycles. The number of carbonyl (C=O) groups is 1. The van der Waals surface area contributed by atoms with E-state index >= 15 is 0 Å². The third-order valence-electron chi connectivity index (χ3n) is 5.26. The number of nitrogens with one attached hydrogen (secondary N) is 2. The summed E-state index contributed by atoms with van der Waals surface area (Å²) in [6.45, 7) is 1.03. The average molecular weight is 352 g/mol. The highest BCUT2D eigenvalue weighted by molar-refractivity contribution is 9.10. The van der Waals surface area contributed by atoms with Gasteiger partial charge in [-0.2, -0.15) is 0 Å². The molecule has 1 aromatic heterocycles. The summed E-state index contributed by atoms with van der Waals surface area (Å²) in [6, 6.07) is 2.80. The molecule has 1 spiro atoms. The highest BCUT2D eigenvalue weighted by atomic mass is 79.9. The van der Waals surface area contributed by atoms with E-state index in [2.05, 4.69) is 31.1 Å². The third-order valence-corrected chi connectivity index (χ3v) is 5.70. The monoisotopic (exact) mass is 351 g/mol. The van der Waals surface area contributed by atoms with Gasteiger partial charge in [-0.05, 0) is 73.5 Å². The minimum Gasteiger partial charge on any atom is -0.348 e. The van der Waals surface area contributed by atoms with Crippen LogP contribution in [0.15, 0.2) is 16.7 Å². The molecule has 2 N–H and O–H groups in total. The quantitative estimate of drug-likeness (QED) is 0.879. The van der Waals surface area contributed by atoms with Gasteiger partial charge in [0.1, 0.15) is 5.69 Å². The van der Waals surface area contributed by atoms with Crippen LogP contribution in [-0.4, -0.2) is 28.6 Å². The van der Waals surface area contributed by atoms with Crippen molar-refractivity contribution in [3.63, 3.8) is 0 Å². The van der Waals surface area contributed by atoms with E-state index in [-0.39, 0.29) is 5.91 Å². The van der Waals surface area contributed by atoms with Gasteiger partial charge < -0.3 is 15.2 Å². The van der Waals surface area contributed by atoms with Gasteiger partial charge in [0.2, 0.25) is 0 Å². The molecule has 21 heavy (non-hydrogen) atoms. The predicted octanol–water partition coefficient (Wildman–Crippen LogP) is 2.99. The second-order valence-electron chi connectivity index (χ2n) is 6.91. The zero-order valence-corrected chi connectivity index (χ0v) is 13.8. The van der Waals surface area contributed by atoms with Gasteiger partial charge in [0, 0.05) is 28.3 Å². The van der Waals surface area contributed by atoms with Crippen LogP contribution in [0, 0.1) is 0 Å². The fourth-order valence-corrected chi connectivity index (χ4v) is 4.24. The molecular weight excluding hydrogens is 330 g/mol. The molecule has 4 rings (SSSR count). The van der Waals surface area contributed by atoms with Crippen LogP contribution in [0.2, 0.25) is 0 Å². The Labute approximate surface area is 133 Å². The van der Waals surface area contributed by atoms with Crippen molar-refractivity contribution in [3.8, 4) is 0 Å². The Kier molecular flexibility index (Phi) is 3.38. The molecule has 3 fully saturated rings. The van der Waals surface area contributed by atoms with E-state index in [1.807, 2.05) is 12.3 Å². The van der Waals surface area contributed by atoms with Crippen molar-refractivity contribution in [2.75, 3.05) is 6.54 Å². The molecule has 1 atom stereocenters. The molecule has 0 radical (unpaired) electrons. The summed E-state index contributed by atoms with van der Waals surface area (Å²) in [7, 11) is 0. The van der Waals surface area contributed by atoms with Gasteiger partial charge >= 0.3 is 0 Å². The van der Waals surface area contributed by atoms with Gasteiger partial charge in [-0.1, -0.05) is 0 Å². The van der Waals surface area contributed by atoms with Crippen LogP contribution in [0.25, 0.3) is 0 Å². The highest BCUT2D eigenvalue weighted by Crippen LogP contribution is 2.39. The lowest BCUT2D eigenvalue weighted by Gasteiger charge is -2.48. The molecule has 1 aliphatic heterocycles. The minimum absolute atomic E-state index is 0.0916. The Bertz CT molecular complexity index is 560. The van der Waals surface area contributed by atoms with Crippen LogP contribution in [0.3, 0.4) is 0 Å². The summed E-state index contributed by atoms with van der Waals surface area (Å²) in [6.07, 6.45) is 10.4. The Morgan fingerprint density at radius 3 is 2.86 bits per heavy atom. The Morgan fingerprint density at radius 2 is 2.19 bits per heavy atom. The van der Waals surface area contributed by atoms with Gasteiger partial charge in [0.25, 0.3) is 5.91 Å². The van der Waals surface area contributed by atoms with Crippen LogP contribution in [0.5, 0.6) is 0 Å². The van der Waals surface area contributed by atoms with E-state index in [0.29, 0.717) is 17.6 Å². The molecule has 1 unspecified atom stereocenters. The topological polar surface area (TPSA) is 46.1 Å². The van der Waals surface area contributed by atoms with Crippen LogP contribution in [0.4, 0.5) is 0 Å². The molecule has 5 heteroatoms. The number of amides is 1. The average Bonchev–Trinajstić information content (AvgIpc) is 3.20. The number of hydrogen-bond acceptors (Lipinski definition) is 2. The number of rotatable bonds is 3. The van der Waals surface area contributed by atoms with Crippen molar-refractivity contribution in [2.24, 2.45) is 0 Å². The maximum Gasteiger partial charge on any atom is 0.268 e. The summed E-state index contributed by atoms with van der Waals surface area (Å²) < 4.78 is 3.14. The lowest BCUT2D eigenvalue weighted by Crippen LogP contribution is -2.59. The first-order valence-electron chi connectivity index (χ1n) is 8.09. The highest BCUT2D eigenvalue weighted by Gasteiger charge is 2.41. The summed E-state index contributed by atoms with van der Waals surface area (Å²) in [4.78, 5) is 12.6. The normalized spacial score (nSPS) is 27.4. The zero-order chi connectivity index (χ0) is 14.4. The molecule has 3 aliphatic rings. The molecule has 4 nitrogen and oxygen atoms in total. The molecule has 1 amide bonds. The molecule has 1 saturated heterocycles. The van der Waals surface area contributed by atoms with Crippen LogP contribution >= 0.6 is 15.9 Å². The molecule has 1 aromatic rings. The SMILES string of the molecule is O=C(NC1CCNC2(CCC2)C1)c1cc(Br)cn1C1CC1. The van der Waals surface area contributed by atoms with Crippen LogP contribution in [-0.2, 0) is 0 Å². The Balaban J connectivity index is 1.45. The molecule has 2 heterocycles. The number of carbonyl (C=O) groups excluding carboxylic acids is 1. The summed E-state index contributed by atoms with van der Waals surface area (Å²) in [5.41, 5.74) is 1.14. The molecule has 2 saturated carbocycles. The van der Waals surface area contributed by atoms with E-state index in [1.54, 1.807) is 0 Å². The van der Waals surface area contributed by atoms with Crippen molar-refractivity contribution < 1.29 is 4.79 Å². The number of aromatic nitrogens is 1. The Morgan fingerprint density at radius 1 is 1.38 bits per heavy atom. The molecule has 114 valence electrons. The van der Waals surface area contributed by atoms with E-state index in [0.717, 1.165) is 29.6 Å². The van der Waals surface area contributed by atoms with E-state index in [9.17, 15) is 4.79 Å². The summed E-state index contributed by atoms with van der Waals surface area (Å²) in [5, 5.41) is 6.93. The second-order valence-corrected chi connectivity index (χ2v) is 7.82. The van der Waals surface area contributed by atoms with E-state index < -0.39 is 0 Å². The first kappa shape index (κ1) is 13.8. The number of nitrogens with zero attached hydrogens (tertiary/aromatic N) is 1. The maximum atomic E-state index is 12.6. The molecule has 0 aromatic carbocycles. The maximum absolute atomic E-state index is 12.6. The van der Waals surface area contributed by atoms with Crippen LogP contribution in [0.1, 0.15) is 61.5 Å². The predicted molar refractivity (Wildman–Crippen MR) is 85.5 cm³/mol. The molecule has 0 bridgehead atoms. The lowest BCUT2D eigenvalue weighted by molar-refractivity contribution is 0.0844. The van der Waals surface area contributed by atoms with Crippen molar-refractivity contribution in [1.29, 1.82) is 0 Å². The van der Waals surface area contributed by atoms with E-state index in [1.165, 1.54) is 32.1 Å². The fraction of sp³-hybridized carbons (Fsp3) is 0.688. The van der Waals surface area contributed by atoms with Crippen molar-refractivity contribution in [2.45, 2.75) is 62.6 Å². The first-order chi connectivity index (χ1) is 10.2. The first-order valence-corrected chi connectivity index (χ1v) is 8.88. The van der Waals surface area contributed by atoms with Gasteiger partial charge in [-0.25, -0.2) is 0 Å².